The molecule has 6 nitrogen and oxygen atoms in total. The van der Waals surface area contributed by atoms with Crippen molar-refractivity contribution >= 4 is 17.6 Å². The first-order valence-electron chi connectivity index (χ1n) is 8.54. The fourth-order valence-corrected chi connectivity index (χ4v) is 2.41. The second-order valence-electron chi connectivity index (χ2n) is 5.99. The molecule has 0 heterocycles. The zero-order chi connectivity index (χ0) is 19.8. The molecule has 3 N–H and O–H groups in total. The zero-order valence-corrected chi connectivity index (χ0v) is 15.2. The molecule has 0 aromatic heterocycles. The van der Waals surface area contributed by atoms with Crippen LogP contribution in [0.15, 0.2) is 60.3 Å². The van der Waals surface area contributed by atoms with Crippen molar-refractivity contribution in [2.45, 2.75) is 26.3 Å². The molecular weight excluding hydrogens is 342 g/mol. The zero-order valence-electron chi connectivity index (χ0n) is 15.2. The van der Waals surface area contributed by atoms with Gasteiger partial charge < -0.3 is 15.7 Å². The van der Waals surface area contributed by atoms with Crippen molar-refractivity contribution in [2.75, 3.05) is 5.32 Å². The Bertz CT molecular complexity index is 878. The van der Waals surface area contributed by atoms with Crippen LogP contribution in [-0.4, -0.2) is 17.0 Å². The highest BCUT2D eigenvalue weighted by Crippen LogP contribution is 2.15. The molecule has 0 saturated carbocycles. The van der Waals surface area contributed by atoms with Gasteiger partial charge in [0.25, 0.3) is 5.91 Å². The lowest BCUT2D eigenvalue weighted by molar-refractivity contribution is -0.117. The number of aromatic carboxylic acids is 1. The molecule has 0 aliphatic heterocycles. The van der Waals surface area contributed by atoms with E-state index in [1.54, 1.807) is 12.1 Å². The normalized spacial score (nSPS) is 12.0. The average Bonchev–Trinajstić information content (AvgIpc) is 2.68. The molecule has 0 saturated heterocycles. The van der Waals surface area contributed by atoms with Gasteiger partial charge in [0, 0.05) is 11.9 Å². The van der Waals surface area contributed by atoms with Crippen LogP contribution in [-0.2, 0) is 11.2 Å². The monoisotopic (exact) mass is 363 g/mol. The second-order valence-corrected chi connectivity index (χ2v) is 5.99. The van der Waals surface area contributed by atoms with Gasteiger partial charge in [0.05, 0.1) is 11.6 Å². The van der Waals surface area contributed by atoms with Gasteiger partial charge >= 0.3 is 5.97 Å². The van der Waals surface area contributed by atoms with Crippen LogP contribution in [0.2, 0.25) is 0 Å². The Kier molecular flexibility index (Phi) is 6.73. The molecule has 138 valence electrons. The van der Waals surface area contributed by atoms with Crippen molar-refractivity contribution in [3.8, 4) is 6.07 Å². The Morgan fingerprint density at radius 3 is 2.30 bits per heavy atom. The summed E-state index contributed by atoms with van der Waals surface area (Å²) in [5, 5.41) is 23.8. The van der Waals surface area contributed by atoms with Crippen LogP contribution in [0.5, 0.6) is 0 Å². The number of nitriles is 1. The molecule has 2 rings (SSSR count). The molecule has 0 bridgehead atoms. The highest BCUT2D eigenvalue weighted by atomic mass is 16.4. The molecule has 1 amide bonds. The van der Waals surface area contributed by atoms with Gasteiger partial charge in [-0.1, -0.05) is 31.2 Å². The van der Waals surface area contributed by atoms with E-state index in [0.29, 0.717) is 5.69 Å². The van der Waals surface area contributed by atoms with Crippen LogP contribution in [0.25, 0.3) is 0 Å². The smallest absolute Gasteiger partial charge is 0.335 e. The third-order valence-electron chi connectivity index (χ3n) is 4.12. The fourth-order valence-electron chi connectivity index (χ4n) is 2.41. The van der Waals surface area contributed by atoms with Crippen LogP contribution in [0.3, 0.4) is 0 Å². The molecule has 0 aliphatic rings. The molecule has 1 unspecified atom stereocenters. The molecule has 2 aromatic rings. The average molecular weight is 363 g/mol. The summed E-state index contributed by atoms with van der Waals surface area (Å²) in [6.45, 7) is 3.93. The summed E-state index contributed by atoms with van der Waals surface area (Å²) in [4.78, 5) is 23.2. The van der Waals surface area contributed by atoms with Crippen molar-refractivity contribution in [3.05, 3.63) is 77.0 Å². The number of aryl methyl sites for hydroxylation is 1. The van der Waals surface area contributed by atoms with Gasteiger partial charge in [0.2, 0.25) is 0 Å². The topological polar surface area (TPSA) is 102 Å². The van der Waals surface area contributed by atoms with E-state index >= 15 is 0 Å². The highest BCUT2D eigenvalue weighted by molar-refractivity contribution is 5.97. The summed E-state index contributed by atoms with van der Waals surface area (Å²) in [7, 11) is 0. The molecule has 2 aromatic carbocycles. The molecule has 0 fully saturated rings. The summed E-state index contributed by atoms with van der Waals surface area (Å²) in [5.74, 6) is -1.51. The first-order chi connectivity index (χ1) is 12.9. The second kappa shape index (κ2) is 9.20. The van der Waals surface area contributed by atoms with E-state index in [1.165, 1.54) is 23.9 Å². The maximum Gasteiger partial charge on any atom is 0.335 e. The summed E-state index contributed by atoms with van der Waals surface area (Å²) in [5.41, 5.74) is 2.83. The van der Waals surface area contributed by atoms with Crippen molar-refractivity contribution < 1.29 is 14.7 Å². The van der Waals surface area contributed by atoms with E-state index in [2.05, 4.69) is 17.6 Å². The van der Waals surface area contributed by atoms with Gasteiger partial charge in [0.1, 0.15) is 11.6 Å². The Morgan fingerprint density at radius 1 is 1.15 bits per heavy atom. The summed E-state index contributed by atoms with van der Waals surface area (Å²) >= 11 is 0. The largest absolute Gasteiger partial charge is 0.478 e. The number of carbonyl (C=O) groups is 2. The van der Waals surface area contributed by atoms with Gasteiger partial charge in [-0.05, 0) is 48.7 Å². The van der Waals surface area contributed by atoms with Gasteiger partial charge in [0.15, 0.2) is 0 Å². The number of hydrogen-bond donors (Lipinski definition) is 3. The maximum absolute atomic E-state index is 12.3. The van der Waals surface area contributed by atoms with Gasteiger partial charge in [-0.15, -0.1) is 0 Å². The maximum atomic E-state index is 12.3. The number of anilines is 1. The van der Waals surface area contributed by atoms with Gasteiger partial charge in [-0.25, -0.2) is 4.79 Å². The van der Waals surface area contributed by atoms with Crippen LogP contribution >= 0.6 is 0 Å². The van der Waals surface area contributed by atoms with E-state index in [1.807, 2.05) is 37.3 Å². The van der Waals surface area contributed by atoms with Crippen LogP contribution in [0.4, 0.5) is 5.69 Å². The Hall–Kier alpha value is -3.59. The number of carboxylic acid groups (broad SMARTS) is 1. The van der Waals surface area contributed by atoms with Crippen LogP contribution in [0, 0.1) is 11.3 Å². The minimum absolute atomic E-state index is 0.0747. The van der Waals surface area contributed by atoms with Crippen LogP contribution in [0.1, 0.15) is 41.4 Å². The number of carboxylic acids is 1. The van der Waals surface area contributed by atoms with Crippen molar-refractivity contribution in [2.24, 2.45) is 0 Å². The first kappa shape index (κ1) is 19.7. The molecule has 0 aliphatic carbocycles. The van der Waals surface area contributed by atoms with E-state index in [4.69, 9.17) is 5.11 Å². The molecule has 0 radical (unpaired) electrons. The molecule has 6 heteroatoms. The standard InChI is InChI=1S/C21H21N3O3/c1-3-15-4-6-16(7-5-15)14(2)24-20(25)18(12-22)13-23-19-10-8-17(9-11-19)21(26)27/h4-11,13-14,23H,3H2,1-2H3,(H,24,25)(H,26,27)/b18-13-. The van der Waals surface area contributed by atoms with E-state index in [-0.39, 0.29) is 17.2 Å². The summed E-state index contributed by atoms with van der Waals surface area (Å²) in [6.07, 6.45) is 2.25. The predicted molar refractivity (Wildman–Crippen MR) is 103 cm³/mol. The molecule has 1 atom stereocenters. The lowest BCUT2D eigenvalue weighted by Crippen LogP contribution is -2.28. The number of nitrogens with one attached hydrogen (secondary N) is 2. The van der Waals surface area contributed by atoms with E-state index in [0.717, 1.165) is 12.0 Å². The quantitative estimate of drug-likeness (QED) is 0.515. The number of hydrogen-bond acceptors (Lipinski definition) is 4. The van der Waals surface area contributed by atoms with E-state index < -0.39 is 11.9 Å². The molecule has 27 heavy (non-hydrogen) atoms. The number of carbonyl (C=O) groups excluding carboxylic acids is 1. The highest BCUT2D eigenvalue weighted by Gasteiger charge is 2.13. The Labute approximate surface area is 158 Å². The number of nitrogens with zero attached hydrogens (tertiary/aromatic N) is 1. The first-order valence-corrected chi connectivity index (χ1v) is 8.54. The lowest BCUT2D eigenvalue weighted by Gasteiger charge is -2.14. The van der Waals surface area contributed by atoms with Crippen LogP contribution < -0.4 is 10.6 Å². The third kappa shape index (κ3) is 5.44. The summed E-state index contributed by atoms with van der Waals surface area (Å²) in [6, 6.07) is 15.6. The lowest BCUT2D eigenvalue weighted by atomic mass is 10.0. The van der Waals surface area contributed by atoms with Gasteiger partial charge in [-0.2, -0.15) is 5.26 Å². The summed E-state index contributed by atoms with van der Waals surface area (Å²) < 4.78 is 0. The van der Waals surface area contributed by atoms with Gasteiger partial charge in [-0.3, -0.25) is 4.79 Å². The SMILES string of the molecule is CCc1ccc(C(C)NC(=O)/C(C#N)=C\Nc2ccc(C(=O)O)cc2)cc1. The molecule has 0 spiro atoms. The minimum Gasteiger partial charge on any atom is -0.478 e. The number of rotatable bonds is 7. The Balaban J connectivity index is 2.02. The Morgan fingerprint density at radius 2 is 1.78 bits per heavy atom. The van der Waals surface area contributed by atoms with E-state index in [9.17, 15) is 14.9 Å². The van der Waals surface area contributed by atoms with Crippen molar-refractivity contribution in [3.63, 3.8) is 0 Å². The van der Waals surface area contributed by atoms with Crippen molar-refractivity contribution in [1.82, 2.24) is 5.32 Å². The third-order valence-corrected chi connectivity index (χ3v) is 4.12. The number of benzene rings is 2. The predicted octanol–water partition coefficient (Wildman–Crippen LogP) is 3.64. The number of amides is 1. The fraction of sp³-hybridized carbons (Fsp3) is 0.190. The minimum atomic E-state index is -1.02. The molecular formula is C21H21N3O3. The van der Waals surface area contributed by atoms with Crippen molar-refractivity contribution in [1.29, 1.82) is 5.26 Å².